The molecular weight excluding hydrogens is 336 g/mol. The van der Waals surface area contributed by atoms with Crippen molar-refractivity contribution in [2.75, 3.05) is 5.32 Å². The first kappa shape index (κ1) is 16.4. The molecule has 1 aliphatic rings. The van der Waals surface area contributed by atoms with Crippen molar-refractivity contribution >= 4 is 29.3 Å². The SMILES string of the molecule is O=C1OC(C(=O)Nc2ccc(SC(F)F)cc2)Cc2ccccc21. The van der Waals surface area contributed by atoms with E-state index in [0.29, 0.717) is 34.3 Å². The molecule has 4 nitrogen and oxygen atoms in total. The molecule has 2 aromatic rings. The lowest BCUT2D eigenvalue weighted by Gasteiger charge is -2.23. The molecule has 0 aliphatic carbocycles. The van der Waals surface area contributed by atoms with Gasteiger partial charge in [0.2, 0.25) is 0 Å². The highest BCUT2D eigenvalue weighted by atomic mass is 32.2. The molecule has 24 heavy (non-hydrogen) atoms. The number of alkyl halides is 2. The molecule has 3 rings (SSSR count). The second-order valence-electron chi connectivity index (χ2n) is 5.15. The Labute approximate surface area is 141 Å². The standard InChI is InChI=1S/C17H13F2NO3S/c18-17(19)24-12-7-5-11(6-8-12)20-15(21)14-9-10-3-1-2-4-13(10)16(22)23-14/h1-8,14,17H,9H2,(H,20,21). The highest BCUT2D eigenvalue weighted by Gasteiger charge is 2.31. The molecule has 2 aromatic carbocycles. The van der Waals surface area contributed by atoms with Gasteiger partial charge >= 0.3 is 5.97 Å². The van der Waals surface area contributed by atoms with E-state index in [1.54, 1.807) is 24.3 Å². The topological polar surface area (TPSA) is 55.4 Å². The van der Waals surface area contributed by atoms with Crippen molar-refractivity contribution in [3.63, 3.8) is 0 Å². The van der Waals surface area contributed by atoms with Crippen LogP contribution in [0.2, 0.25) is 0 Å². The van der Waals surface area contributed by atoms with Gasteiger partial charge in [-0.2, -0.15) is 8.78 Å². The first-order valence-corrected chi connectivity index (χ1v) is 8.05. The first-order valence-electron chi connectivity index (χ1n) is 7.17. The number of halogens is 2. The van der Waals surface area contributed by atoms with Gasteiger partial charge in [0.05, 0.1) is 5.56 Å². The third kappa shape index (κ3) is 3.73. The number of amides is 1. The Balaban J connectivity index is 1.66. The van der Waals surface area contributed by atoms with Gasteiger partial charge in [0.25, 0.3) is 11.7 Å². The van der Waals surface area contributed by atoms with Crippen molar-refractivity contribution in [2.45, 2.75) is 23.2 Å². The van der Waals surface area contributed by atoms with Crippen LogP contribution in [-0.2, 0) is 16.0 Å². The van der Waals surface area contributed by atoms with E-state index in [1.807, 2.05) is 0 Å². The summed E-state index contributed by atoms with van der Waals surface area (Å²) in [6.45, 7) is 0. The summed E-state index contributed by atoms with van der Waals surface area (Å²) in [4.78, 5) is 24.6. The number of carbonyl (C=O) groups excluding carboxylic acids is 2. The van der Waals surface area contributed by atoms with Crippen LogP contribution in [0.5, 0.6) is 0 Å². The quantitative estimate of drug-likeness (QED) is 0.675. The van der Waals surface area contributed by atoms with Crippen LogP contribution >= 0.6 is 11.8 Å². The molecule has 0 bridgehead atoms. The summed E-state index contributed by atoms with van der Waals surface area (Å²) in [7, 11) is 0. The first-order chi connectivity index (χ1) is 11.5. The maximum Gasteiger partial charge on any atom is 0.339 e. The van der Waals surface area contributed by atoms with Crippen molar-refractivity contribution in [1.29, 1.82) is 0 Å². The third-order valence-electron chi connectivity index (χ3n) is 3.53. The second kappa shape index (κ2) is 7.00. The number of cyclic esters (lactones) is 1. The lowest BCUT2D eigenvalue weighted by atomic mass is 9.98. The lowest BCUT2D eigenvalue weighted by molar-refractivity contribution is -0.125. The van der Waals surface area contributed by atoms with E-state index in [2.05, 4.69) is 5.32 Å². The number of hydrogen-bond donors (Lipinski definition) is 1. The molecule has 1 amide bonds. The molecular formula is C17H13F2NO3S. The van der Waals surface area contributed by atoms with Crippen LogP contribution in [0.25, 0.3) is 0 Å². The van der Waals surface area contributed by atoms with E-state index < -0.39 is 23.7 Å². The molecule has 1 N–H and O–H groups in total. The molecule has 0 saturated heterocycles. The van der Waals surface area contributed by atoms with Crippen LogP contribution < -0.4 is 5.32 Å². The van der Waals surface area contributed by atoms with Gasteiger partial charge in [-0.05, 0) is 35.9 Å². The van der Waals surface area contributed by atoms with Crippen LogP contribution in [-0.4, -0.2) is 23.7 Å². The van der Waals surface area contributed by atoms with Crippen LogP contribution in [0.15, 0.2) is 53.4 Å². The summed E-state index contributed by atoms with van der Waals surface area (Å²) in [5.41, 5.74) is 1.68. The molecule has 0 radical (unpaired) electrons. The van der Waals surface area contributed by atoms with E-state index in [4.69, 9.17) is 4.74 Å². The highest BCUT2D eigenvalue weighted by molar-refractivity contribution is 7.99. The van der Waals surface area contributed by atoms with Gasteiger partial charge in [-0.3, -0.25) is 4.79 Å². The zero-order valence-corrected chi connectivity index (χ0v) is 13.2. The molecule has 1 heterocycles. The average Bonchev–Trinajstić information content (AvgIpc) is 2.56. The fraction of sp³-hybridized carbons (Fsp3) is 0.176. The normalized spacial score (nSPS) is 16.5. The molecule has 7 heteroatoms. The minimum atomic E-state index is -2.49. The molecule has 0 saturated carbocycles. The lowest BCUT2D eigenvalue weighted by Crippen LogP contribution is -2.37. The van der Waals surface area contributed by atoms with E-state index in [9.17, 15) is 18.4 Å². The molecule has 0 fully saturated rings. The van der Waals surface area contributed by atoms with Crippen LogP contribution in [0.1, 0.15) is 15.9 Å². The summed E-state index contributed by atoms with van der Waals surface area (Å²) in [5, 5.41) is 2.63. The predicted octanol–water partition coefficient (Wildman–Crippen LogP) is 3.72. The van der Waals surface area contributed by atoms with Crippen molar-refractivity contribution in [3.8, 4) is 0 Å². The third-order valence-corrected chi connectivity index (χ3v) is 4.25. The molecule has 0 aromatic heterocycles. The molecule has 1 unspecified atom stereocenters. The molecule has 1 aliphatic heterocycles. The molecule has 0 spiro atoms. The van der Waals surface area contributed by atoms with Gasteiger partial charge in [0, 0.05) is 17.0 Å². The zero-order valence-electron chi connectivity index (χ0n) is 12.4. The largest absolute Gasteiger partial charge is 0.448 e. The van der Waals surface area contributed by atoms with Crippen LogP contribution in [0, 0.1) is 0 Å². The smallest absolute Gasteiger partial charge is 0.339 e. The minimum Gasteiger partial charge on any atom is -0.448 e. The van der Waals surface area contributed by atoms with Gasteiger partial charge in [-0.1, -0.05) is 30.0 Å². The fourth-order valence-corrected chi connectivity index (χ4v) is 2.92. The number of anilines is 1. The van der Waals surface area contributed by atoms with E-state index in [1.165, 1.54) is 24.3 Å². The number of rotatable bonds is 4. The van der Waals surface area contributed by atoms with Crippen LogP contribution in [0.4, 0.5) is 14.5 Å². The monoisotopic (exact) mass is 349 g/mol. The van der Waals surface area contributed by atoms with Gasteiger partial charge in [0.15, 0.2) is 6.10 Å². The fourth-order valence-electron chi connectivity index (χ4n) is 2.42. The Morgan fingerprint density at radius 1 is 1.17 bits per heavy atom. The summed E-state index contributed by atoms with van der Waals surface area (Å²) < 4.78 is 29.7. The number of thioether (sulfide) groups is 1. The molecule has 124 valence electrons. The summed E-state index contributed by atoms with van der Waals surface area (Å²) in [6.07, 6.45) is -0.616. The summed E-state index contributed by atoms with van der Waals surface area (Å²) in [5.74, 6) is -3.47. The van der Waals surface area contributed by atoms with E-state index in [0.717, 1.165) is 5.56 Å². The number of carbonyl (C=O) groups is 2. The average molecular weight is 349 g/mol. The van der Waals surface area contributed by atoms with Gasteiger partial charge < -0.3 is 10.1 Å². The van der Waals surface area contributed by atoms with Crippen molar-refractivity contribution < 1.29 is 23.1 Å². The van der Waals surface area contributed by atoms with E-state index >= 15 is 0 Å². The second-order valence-corrected chi connectivity index (χ2v) is 6.21. The van der Waals surface area contributed by atoms with Gasteiger partial charge in [-0.15, -0.1) is 0 Å². The summed E-state index contributed by atoms with van der Waals surface area (Å²) >= 11 is 0.431. The Kier molecular flexibility index (Phi) is 4.80. The Bertz CT molecular complexity index is 765. The number of ether oxygens (including phenoxy) is 1. The summed E-state index contributed by atoms with van der Waals surface area (Å²) in [6, 6.07) is 13.0. The van der Waals surface area contributed by atoms with E-state index in [-0.39, 0.29) is 0 Å². The predicted molar refractivity (Wildman–Crippen MR) is 86.3 cm³/mol. The number of benzene rings is 2. The zero-order chi connectivity index (χ0) is 17.1. The van der Waals surface area contributed by atoms with Crippen molar-refractivity contribution in [2.24, 2.45) is 0 Å². The number of hydrogen-bond acceptors (Lipinski definition) is 4. The maximum absolute atomic E-state index is 12.3. The maximum atomic E-state index is 12.3. The van der Waals surface area contributed by atoms with Gasteiger partial charge in [0.1, 0.15) is 0 Å². The molecule has 1 atom stereocenters. The van der Waals surface area contributed by atoms with Crippen molar-refractivity contribution in [3.05, 3.63) is 59.7 Å². The number of nitrogens with one attached hydrogen (secondary N) is 1. The van der Waals surface area contributed by atoms with Crippen LogP contribution in [0.3, 0.4) is 0 Å². The van der Waals surface area contributed by atoms with Gasteiger partial charge in [-0.25, -0.2) is 4.79 Å². The highest BCUT2D eigenvalue weighted by Crippen LogP contribution is 2.26. The Morgan fingerprint density at radius 2 is 1.88 bits per heavy atom. The Morgan fingerprint density at radius 3 is 2.58 bits per heavy atom. The van der Waals surface area contributed by atoms with Crippen molar-refractivity contribution in [1.82, 2.24) is 0 Å². The number of fused-ring (bicyclic) bond motifs is 1. The number of esters is 1. The Hall–Kier alpha value is -2.41. The minimum absolute atomic E-state index is 0.299.